The van der Waals surface area contributed by atoms with Crippen molar-refractivity contribution in [3.05, 3.63) is 37.4 Å². The number of hydrogen-bond acceptors (Lipinski definition) is 4. The number of amides is 1. The highest BCUT2D eigenvalue weighted by atomic mass is 127. The third-order valence-corrected chi connectivity index (χ3v) is 3.33. The second-order valence-electron chi connectivity index (χ2n) is 3.63. The summed E-state index contributed by atoms with van der Waals surface area (Å²) in [5.41, 5.74) is -0.0620. The van der Waals surface area contributed by atoms with Crippen molar-refractivity contribution < 1.29 is 19.6 Å². The maximum absolute atomic E-state index is 12.1. The van der Waals surface area contributed by atoms with Gasteiger partial charge in [-0.2, -0.15) is 0 Å². The molecule has 0 heterocycles. The summed E-state index contributed by atoms with van der Waals surface area (Å²) in [6.07, 6.45) is 0. The van der Waals surface area contributed by atoms with E-state index in [2.05, 4.69) is 0 Å². The number of nitrogens with zero attached hydrogens (tertiary/aromatic N) is 2. The van der Waals surface area contributed by atoms with Gasteiger partial charge in [0.1, 0.15) is 6.54 Å². The zero-order valence-electron chi connectivity index (χ0n) is 10.00. The number of carbonyl (C=O) groups excluding carboxylic acids is 1. The van der Waals surface area contributed by atoms with Crippen LogP contribution in [0.1, 0.15) is 17.3 Å². The van der Waals surface area contributed by atoms with E-state index in [0.29, 0.717) is 3.57 Å². The van der Waals surface area contributed by atoms with Gasteiger partial charge in [0, 0.05) is 22.2 Å². The van der Waals surface area contributed by atoms with Gasteiger partial charge in [-0.3, -0.25) is 19.7 Å². The molecule has 8 heteroatoms. The maximum Gasteiger partial charge on any atom is 0.323 e. The number of rotatable bonds is 5. The number of benzene rings is 1. The lowest BCUT2D eigenvalue weighted by molar-refractivity contribution is -0.384. The fourth-order valence-corrected chi connectivity index (χ4v) is 2.02. The molecule has 0 fully saturated rings. The number of carboxylic acids is 1. The fourth-order valence-electron chi connectivity index (χ4n) is 1.45. The minimum absolute atomic E-state index is 0.137. The number of likely N-dealkylation sites (N-methyl/N-ethyl adjacent to an activating group) is 1. The summed E-state index contributed by atoms with van der Waals surface area (Å²) in [6, 6.07) is 3.92. The Kier molecular flexibility index (Phi) is 5.21. The van der Waals surface area contributed by atoms with Crippen LogP contribution in [0.4, 0.5) is 5.69 Å². The molecule has 102 valence electrons. The Balaban J connectivity index is 3.13. The first-order valence-electron chi connectivity index (χ1n) is 5.31. The lowest BCUT2D eigenvalue weighted by Crippen LogP contribution is -2.35. The molecule has 0 atom stereocenters. The number of nitro benzene ring substituents is 1. The molecule has 0 saturated carbocycles. The Hall–Kier alpha value is -1.71. The molecule has 1 aromatic carbocycles. The van der Waals surface area contributed by atoms with Crippen LogP contribution in [-0.2, 0) is 4.79 Å². The average molecular weight is 378 g/mol. The van der Waals surface area contributed by atoms with Crippen LogP contribution in [0.15, 0.2) is 18.2 Å². The van der Waals surface area contributed by atoms with Gasteiger partial charge in [0.2, 0.25) is 0 Å². The van der Waals surface area contributed by atoms with E-state index in [1.165, 1.54) is 12.1 Å². The molecule has 0 aliphatic carbocycles. The number of aliphatic carboxylic acids is 1. The predicted molar refractivity (Wildman–Crippen MR) is 75.0 cm³/mol. The van der Waals surface area contributed by atoms with Crippen LogP contribution < -0.4 is 0 Å². The van der Waals surface area contributed by atoms with E-state index >= 15 is 0 Å². The summed E-state index contributed by atoms with van der Waals surface area (Å²) < 4.78 is 0.539. The van der Waals surface area contributed by atoms with Gasteiger partial charge in [0.25, 0.3) is 11.6 Å². The molecule has 0 radical (unpaired) electrons. The van der Waals surface area contributed by atoms with Gasteiger partial charge < -0.3 is 10.0 Å². The quantitative estimate of drug-likeness (QED) is 0.478. The summed E-state index contributed by atoms with van der Waals surface area (Å²) in [5, 5.41) is 19.4. The first kappa shape index (κ1) is 15.3. The molecule has 1 rings (SSSR count). The van der Waals surface area contributed by atoms with Gasteiger partial charge in [0.05, 0.1) is 10.5 Å². The maximum atomic E-state index is 12.1. The van der Waals surface area contributed by atoms with Crippen molar-refractivity contribution in [3.63, 3.8) is 0 Å². The van der Waals surface area contributed by atoms with Crippen LogP contribution in [0.25, 0.3) is 0 Å². The number of hydrogen-bond donors (Lipinski definition) is 1. The zero-order valence-corrected chi connectivity index (χ0v) is 12.2. The van der Waals surface area contributed by atoms with Crippen molar-refractivity contribution in [2.45, 2.75) is 6.92 Å². The molecular formula is C11H11IN2O5. The Labute approximate surface area is 122 Å². The second-order valence-corrected chi connectivity index (χ2v) is 4.80. The highest BCUT2D eigenvalue weighted by Crippen LogP contribution is 2.21. The Bertz CT molecular complexity index is 532. The lowest BCUT2D eigenvalue weighted by Gasteiger charge is -2.19. The molecule has 7 nitrogen and oxygen atoms in total. The molecule has 1 aromatic rings. The van der Waals surface area contributed by atoms with Crippen LogP contribution in [0.3, 0.4) is 0 Å². The molecule has 1 amide bonds. The first-order valence-corrected chi connectivity index (χ1v) is 6.39. The van der Waals surface area contributed by atoms with Crippen LogP contribution in [-0.4, -0.2) is 39.9 Å². The Morgan fingerprint density at radius 1 is 1.47 bits per heavy atom. The van der Waals surface area contributed by atoms with Gasteiger partial charge >= 0.3 is 5.97 Å². The monoisotopic (exact) mass is 378 g/mol. The van der Waals surface area contributed by atoms with E-state index in [1.807, 2.05) is 22.6 Å². The molecule has 0 aliphatic heterocycles. The van der Waals surface area contributed by atoms with Gasteiger partial charge in [-0.25, -0.2) is 0 Å². The average Bonchev–Trinajstić information content (AvgIpc) is 2.35. The van der Waals surface area contributed by atoms with E-state index < -0.39 is 23.3 Å². The molecular weight excluding hydrogens is 367 g/mol. The molecule has 0 bridgehead atoms. The minimum atomic E-state index is -1.13. The van der Waals surface area contributed by atoms with Gasteiger partial charge in [-0.05, 0) is 35.6 Å². The molecule has 1 N–H and O–H groups in total. The topological polar surface area (TPSA) is 101 Å². The second kappa shape index (κ2) is 6.45. The summed E-state index contributed by atoms with van der Waals surface area (Å²) in [4.78, 5) is 34.0. The van der Waals surface area contributed by atoms with Crippen molar-refractivity contribution in [2.24, 2.45) is 0 Å². The Morgan fingerprint density at radius 2 is 2.11 bits per heavy atom. The highest BCUT2D eigenvalue weighted by molar-refractivity contribution is 14.1. The Morgan fingerprint density at radius 3 is 2.58 bits per heavy atom. The van der Waals surface area contributed by atoms with Crippen LogP contribution in [0.5, 0.6) is 0 Å². The molecule has 0 aliphatic rings. The van der Waals surface area contributed by atoms with Crippen LogP contribution in [0.2, 0.25) is 0 Å². The fraction of sp³-hybridized carbons (Fsp3) is 0.273. The van der Waals surface area contributed by atoms with E-state index in [4.69, 9.17) is 5.11 Å². The minimum Gasteiger partial charge on any atom is -0.480 e. The lowest BCUT2D eigenvalue weighted by atomic mass is 10.1. The van der Waals surface area contributed by atoms with Crippen molar-refractivity contribution >= 4 is 40.2 Å². The molecule has 0 spiro atoms. The summed E-state index contributed by atoms with van der Waals surface area (Å²) in [6.45, 7) is 1.42. The van der Waals surface area contributed by atoms with Crippen LogP contribution >= 0.6 is 22.6 Å². The number of non-ortho nitro benzene ring substituents is 1. The first-order chi connectivity index (χ1) is 8.86. The van der Waals surface area contributed by atoms with Crippen molar-refractivity contribution in [3.8, 4) is 0 Å². The van der Waals surface area contributed by atoms with Crippen molar-refractivity contribution in [1.82, 2.24) is 4.90 Å². The van der Waals surface area contributed by atoms with Crippen molar-refractivity contribution in [1.29, 1.82) is 0 Å². The number of carboxylic acid groups (broad SMARTS) is 1. The van der Waals surface area contributed by atoms with E-state index in [0.717, 1.165) is 11.0 Å². The van der Waals surface area contributed by atoms with E-state index in [-0.39, 0.29) is 17.8 Å². The van der Waals surface area contributed by atoms with Gasteiger partial charge in [0.15, 0.2) is 0 Å². The van der Waals surface area contributed by atoms with E-state index in [9.17, 15) is 19.7 Å². The number of halogens is 1. The van der Waals surface area contributed by atoms with Gasteiger partial charge in [-0.15, -0.1) is 0 Å². The molecule has 0 unspecified atom stereocenters. The summed E-state index contributed by atoms with van der Waals surface area (Å²) >= 11 is 1.88. The normalized spacial score (nSPS) is 10.0. The number of carbonyl (C=O) groups is 2. The van der Waals surface area contributed by atoms with Crippen molar-refractivity contribution in [2.75, 3.05) is 13.1 Å². The largest absolute Gasteiger partial charge is 0.480 e. The molecule has 0 saturated heterocycles. The third kappa shape index (κ3) is 3.88. The highest BCUT2D eigenvalue weighted by Gasteiger charge is 2.21. The third-order valence-electron chi connectivity index (χ3n) is 2.39. The zero-order chi connectivity index (χ0) is 14.6. The molecule has 19 heavy (non-hydrogen) atoms. The van der Waals surface area contributed by atoms with Crippen LogP contribution in [0, 0.1) is 13.7 Å². The summed E-state index contributed by atoms with van der Waals surface area (Å²) in [5.74, 6) is -1.66. The van der Waals surface area contributed by atoms with E-state index in [1.54, 1.807) is 6.92 Å². The summed E-state index contributed by atoms with van der Waals surface area (Å²) in [7, 11) is 0. The smallest absolute Gasteiger partial charge is 0.323 e. The standard InChI is InChI=1S/C11H11IN2O5/c1-2-13(6-10(15)16)11(17)8-5-7(14(18)19)3-4-9(8)12/h3-5H,2,6H2,1H3,(H,15,16). The molecule has 0 aromatic heterocycles. The number of nitro groups is 1. The predicted octanol–water partition coefficient (Wildman–Crippen LogP) is 1.75. The van der Waals surface area contributed by atoms with Gasteiger partial charge in [-0.1, -0.05) is 0 Å². The SMILES string of the molecule is CCN(CC(=O)O)C(=O)c1cc([N+](=O)[O-])ccc1I.